The van der Waals surface area contributed by atoms with Gasteiger partial charge in [0.1, 0.15) is 18.3 Å². The number of hydrogen-bond acceptors (Lipinski definition) is 5. The summed E-state index contributed by atoms with van der Waals surface area (Å²) in [7, 11) is 4.60. The van der Waals surface area contributed by atoms with Gasteiger partial charge in [-0.05, 0) is 6.92 Å². The van der Waals surface area contributed by atoms with Gasteiger partial charge in [-0.2, -0.15) is 0 Å². The molecular weight excluding hydrogens is 188 g/mol. The van der Waals surface area contributed by atoms with Gasteiger partial charge in [-0.3, -0.25) is 0 Å². The normalized spacial score (nSPS) is 43.9. The second-order valence-corrected chi connectivity index (χ2v) is 3.34. The fraction of sp³-hybridized carbons (Fsp3) is 1.00. The van der Waals surface area contributed by atoms with E-state index >= 15 is 0 Å². The van der Waals surface area contributed by atoms with Crippen LogP contribution in [-0.2, 0) is 18.9 Å². The summed E-state index contributed by atoms with van der Waals surface area (Å²) >= 11 is 0. The van der Waals surface area contributed by atoms with Gasteiger partial charge < -0.3 is 24.1 Å². The molecule has 1 aliphatic rings. The van der Waals surface area contributed by atoms with E-state index in [1.807, 2.05) is 0 Å². The fourth-order valence-corrected chi connectivity index (χ4v) is 1.69. The maximum Gasteiger partial charge on any atom is 0.186 e. The predicted octanol–water partition coefficient (Wildman–Crippen LogP) is -0.232. The molecule has 1 fully saturated rings. The summed E-state index contributed by atoms with van der Waals surface area (Å²) in [6, 6.07) is 0. The molecule has 1 N–H and O–H groups in total. The summed E-state index contributed by atoms with van der Waals surface area (Å²) in [4.78, 5) is 0. The molecule has 5 atom stereocenters. The maximum absolute atomic E-state index is 9.77. The zero-order chi connectivity index (χ0) is 10.7. The molecule has 0 aromatic rings. The topological polar surface area (TPSA) is 57.2 Å². The molecule has 0 aromatic heterocycles. The second kappa shape index (κ2) is 5.04. The molecule has 1 aliphatic heterocycles. The van der Waals surface area contributed by atoms with Gasteiger partial charge in [0.25, 0.3) is 0 Å². The van der Waals surface area contributed by atoms with Crippen molar-refractivity contribution in [1.82, 2.24) is 0 Å². The third-order valence-corrected chi connectivity index (χ3v) is 2.54. The Hall–Kier alpha value is -0.200. The van der Waals surface area contributed by atoms with Gasteiger partial charge in [0, 0.05) is 21.3 Å². The van der Waals surface area contributed by atoms with E-state index in [2.05, 4.69) is 0 Å². The molecule has 1 heterocycles. The van der Waals surface area contributed by atoms with Gasteiger partial charge in [-0.1, -0.05) is 0 Å². The minimum Gasteiger partial charge on any atom is -0.388 e. The van der Waals surface area contributed by atoms with Gasteiger partial charge in [0.2, 0.25) is 0 Å². The molecule has 5 nitrogen and oxygen atoms in total. The van der Waals surface area contributed by atoms with Crippen LogP contribution in [0.2, 0.25) is 0 Å². The Balaban J connectivity index is 2.75. The lowest BCUT2D eigenvalue weighted by Crippen LogP contribution is -2.58. The molecule has 0 saturated carbocycles. The zero-order valence-electron chi connectivity index (χ0n) is 8.97. The average Bonchev–Trinajstić information content (AvgIpc) is 2.20. The van der Waals surface area contributed by atoms with E-state index in [0.29, 0.717) is 0 Å². The van der Waals surface area contributed by atoms with Crippen LogP contribution in [0.15, 0.2) is 0 Å². The molecule has 0 spiro atoms. The molecule has 0 aliphatic carbocycles. The summed E-state index contributed by atoms with van der Waals surface area (Å²) in [5.41, 5.74) is 0. The van der Waals surface area contributed by atoms with Crippen LogP contribution in [0.5, 0.6) is 0 Å². The summed E-state index contributed by atoms with van der Waals surface area (Å²) in [5.74, 6) is 0. The highest BCUT2D eigenvalue weighted by molar-refractivity contribution is 4.89. The van der Waals surface area contributed by atoms with Crippen molar-refractivity contribution in [3.05, 3.63) is 0 Å². The standard InChI is InChI=1S/C9H18O5/c1-5-6(10)7(11-2)8(12-3)9(13-4)14-5/h5-10H,1-4H3/t5-,6-,7+,8+,9+/m0/s1. The molecule has 14 heavy (non-hydrogen) atoms. The first-order valence-corrected chi connectivity index (χ1v) is 4.57. The number of ether oxygens (including phenoxy) is 4. The van der Waals surface area contributed by atoms with Crippen molar-refractivity contribution >= 4 is 0 Å². The number of aliphatic hydroxyl groups is 1. The monoisotopic (exact) mass is 206 g/mol. The molecule has 84 valence electrons. The van der Waals surface area contributed by atoms with Crippen molar-refractivity contribution in [3.63, 3.8) is 0 Å². The van der Waals surface area contributed by atoms with Gasteiger partial charge >= 0.3 is 0 Å². The summed E-state index contributed by atoms with van der Waals surface area (Å²) in [5, 5.41) is 9.77. The smallest absolute Gasteiger partial charge is 0.186 e. The van der Waals surface area contributed by atoms with Crippen molar-refractivity contribution < 1.29 is 24.1 Å². The van der Waals surface area contributed by atoms with E-state index in [4.69, 9.17) is 18.9 Å². The molecule has 1 saturated heterocycles. The first kappa shape index (κ1) is 11.9. The van der Waals surface area contributed by atoms with Gasteiger partial charge in [-0.25, -0.2) is 0 Å². The SMILES string of the molecule is CO[C@@H]1O[C@@H](C)[C@H](O)[C@@H](OC)[C@H]1OC. The molecule has 0 bridgehead atoms. The van der Waals surface area contributed by atoms with Crippen molar-refractivity contribution in [2.24, 2.45) is 0 Å². The Labute approximate surface area is 83.9 Å². The summed E-state index contributed by atoms with van der Waals surface area (Å²) in [6.07, 6.45) is -2.35. The van der Waals surface area contributed by atoms with Crippen molar-refractivity contribution in [2.75, 3.05) is 21.3 Å². The van der Waals surface area contributed by atoms with E-state index in [1.165, 1.54) is 21.3 Å². The number of rotatable bonds is 3. The van der Waals surface area contributed by atoms with Gasteiger partial charge in [0.05, 0.1) is 6.10 Å². The quantitative estimate of drug-likeness (QED) is 0.691. The van der Waals surface area contributed by atoms with Gasteiger partial charge in [-0.15, -0.1) is 0 Å². The van der Waals surface area contributed by atoms with Crippen molar-refractivity contribution in [2.45, 2.75) is 37.6 Å². The van der Waals surface area contributed by atoms with E-state index < -0.39 is 24.6 Å². The highest BCUT2D eigenvalue weighted by atomic mass is 16.7. The lowest BCUT2D eigenvalue weighted by molar-refractivity contribution is -0.295. The third kappa shape index (κ3) is 2.07. The average molecular weight is 206 g/mol. The highest BCUT2D eigenvalue weighted by Gasteiger charge is 2.44. The van der Waals surface area contributed by atoms with Crippen LogP contribution in [0.3, 0.4) is 0 Å². The Morgan fingerprint density at radius 2 is 1.57 bits per heavy atom. The molecule has 0 radical (unpaired) electrons. The fourth-order valence-electron chi connectivity index (χ4n) is 1.69. The Morgan fingerprint density at radius 1 is 1.00 bits per heavy atom. The summed E-state index contributed by atoms with van der Waals surface area (Å²) in [6.45, 7) is 1.77. The first-order valence-electron chi connectivity index (χ1n) is 4.57. The Kier molecular flexibility index (Phi) is 4.28. The number of methoxy groups -OCH3 is 3. The van der Waals surface area contributed by atoms with E-state index in [9.17, 15) is 5.11 Å². The Morgan fingerprint density at radius 3 is 2.00 bits per heavy atom. The van der Waals surface area contributed by atoms with Crippen molar-refractivity contribution in [3.8, 4) is 0 Å². The lowest BCUT2D eigenvalue weighted by atomic mass is 9.99. The van der Waals surface area contributed by atoms with Crippen LogP contribution in [0.1, 0.15) is 6.92 Å². The second-order valence-electron chi connectivity index (χ2n) is 3.34. The number of hydrogen-bond donors (Lipinski definition) is 1. The largest absolute Gasteiger partial charge is 0.388 e. The summed E-state index contributed by atoms with van der Waals surface area (Å²) < 4.78 is 20.9. The lowest BCUT2D eigenvalue weighted by Gasteiger charge is -2.41. The first-order chi connectivity index (χ1) is 6.65. The van der Waals surface area contributed by atoms with E-state index in [0.717, 1.165) is 0 Å². The molecule has 0 amide bonds. The maximum atomic E-state index is 9.77. The zero-order valence-corrected chi connectivity index (χ0v) is 8.97. The molecule has 0 aromatic carbocycles. The molecular formula is C9H18O5. The van der Waals surface area contributed by atoms with E-state index in [1.54, 1.807) is 6.92 Å². The minimum absolute atomic E-state index is 0.323. The molecule has 0 unspecified atom stereocenters. The van der Waals surface area contributed by atoms with E-state index in [-0.39, 0.29) is 6.10 Å². The van der Waals surface area contributed by atoms with Crippen molar-refractivity contribution in [1.29, 1.82) is 0 Å². The van der Waals surface area contributed by atoms with Crippen LogP contribution < -0.4 is 0 Å². The molecule has 5 heteroatoms. The van der Waals surface area contributed by atoms with Crippen LogP contribution in [-0.4, -0.2) is 57.1 Å². The van der Waals surface area contributed by atoms with Crippen LogP contribution in [0.25, 0.3) is 0 Å². The highest BCUT2D eigenvalue weighted by Crippen LogP contribution is 2.25. The third-order valence-electron chi connectivity index (χ3n) is 2.54. The van der Waals surface area contributed by atoms with Crippen LogP contribution >= 0.6 is 0 Å². The Bertz CT molecular complexity index is 171. The predicted molar refractivity (Wildman–Crippen MR) is 48.9 cm³/mol. The number of aliphatic hydroxyl groups excluding tert-OH is 1. The van der Waals surface area contributed by atoms with Crippen LogP contribution in [0.4, 0.5) is 0 Å². The van der Waals surface area contributed by atoms with Gasteiger partial charge in [0.15, 0.2) is 6.29 Å². The minimum atomic E-state index is -0.698. The molecule has 1 rings (SSSR count). The van der Waals surface area contributed by atoms with Crippen LogP contribution in [0, 0.1) is 0 Å².